The Morgan fingerprint density at radius 3 is 2.61 bits per heavy atom. The SMILES string of the molecule is CNC(=O)c1cc(N2CCOCC2)cc(Nc2c(C)c(-c3ccccn3)nc3cc(F)cc(F)c23)n1. The van der Waals surface area contributed by atoms with Gasteiger partial charge in [0.2, 0.25) is 0 Å². The minimum atomic E-state index is -0.758. The van der Waals surface area contributed by atoms with E-state index in [-0.39, 0.29) is 22.5 Å². The average molecular weight is 491 g/mol. The molecule has 4 heterocycles. The predicted octanol–water partition coefficient (Wildman–Crippen LogP) is 4.22. The van der Waals surface area contributed by atoms with E-state index in [4.69, 9.17) is 4.74 Å². The van der Waals surface area contributed by atoms with Crippen LogP contribution in [0.25, 0.3) is 22.3 Å². The average Bonchev–Trinajstić information content (AvgIpc) is 2.90. The topological polar surface area (TPSA) is 92.3 Å². The molecule has 0 spiro atoms. The number of ether oxygens (including phenoxy) is 1. The number of benzene rings is 1. The molecule has 1 aliphatic heterocycles. The van der Waals surface area contributed by atoms with Crippen LogP contribution in [-0.4, -0.2) is 54.2 Å². The maximum atomic E-state index is 15.1. The molecule has 5 rings (SSSR count). The van der Waals surface area contributed by atoms with Crippen LogP contribution in [0.3, 0.4) is 0 Å². The molecule has 0 atom stereocenters. The third-order valence-electron chi connectivity index (χ3n) is 6.05. The molecule has 8 nitrogen and oxygen atoms in total. The second-order valence-electron chi connectivity index (χ2n) is 8.36. The maximum absolute atomic E-state index is 15.1. The zero-order chi connectivity index (χ0) is 25.2. The van der Waals surface area contributed by atoms with Gasteiger partial charge in [-0.3, -0.25) is 9.78 Å². The Balaban J connectivity index is 1.69. The van der Waals surface area contributed by atoms with Crippen LogP contribution in [0.2, 0.25) is 0 Å². The quantitative estimate of drug-likeness (QED) is 0.433. The van der Waals surface area contributed by atoms with E-state index in [1.165, 1.54) is 13.1 Å². The largest absolute Gasteiger partial charge is 0.378 e. The third kappa shape index (κ3) is 4.55. The molecule has 10 heteroatoms. The number of hydrogen-bond donors (Lipinski definition) is 2. The first-order valence-corrected chi connectivity index (χ1v) is 11.5. The van der Waals surface area contributed by atoms with E-state index >= 15 is 4.39 Å². The van der Waals surface area contributed by atoms with Crippen molar-refractivity contribution in [3.05, 3.63) is 71.6 Å². The van der Waals surface area contributed by atoms with E-state index in [0.717, 1.165) is 11.8 Å². The Morgan fingerprint density at radius 1 is 1.08 bits per heavy atom. The number of hydrogen-bond acceptors (Lipinski definition) is 7. The Hall–Kier alpha value is -4.18. The maximum Gasteiger partial charge on any atom is 0.269 e. The van der Waals surface area contributed by atoms with Gasteiger partial charge < -0.3 is 20.3 Å². The number of rotatable bonds is 5. The lowest BCUT2D eigenvalue weighted by molar-refractivity contribution is 0.0958. The van der Waals surface area contributed by atoms with Crippen LogP contribution in [-0.2, 0) is 4.74 Å². The minimum Gasteiger partial charge on any atom is -0.378 e. The summed E-state index contributed by atoms with van der Waals surface area (Å²) in [7, 11) is 1.53. The van der Waals surface area contributed by atoms with Crippen LogP contribution in [0, 0.1) is 18.6 Å². The number of nitrogens with zero attached hydrogens (tertiary/aromatic N) is 4. The van der Waals surface area contributed by atoms with Gasteiger partial charge in [0.25, 0.3) is 5.91 Å². The highest BCUT2D eigenvalue weighted by atomic mass is 19.1. The molecule has 1 amide bonds. The predicted molar refractivity (Wildman–Crippen MR) is 134 cm³/mol. The molecule has 0 saturated carbocycles. The van der Waals surface area contributed by atoms with Gasteiger partial charge in [-0.25, -0.2) is 18.7 Å². The fraction of sp³-hybridized carbons (Fsp3) is 0.231. The second kappa shape index (κ2) is 9.82. The number of amides is 1. The monoisotopic (exact) mass is 490 g/mol. The van der Waals surface area contributed by atoms with Gasteiger partial charge >= 0.3 is 0 Å². The number of halogens is 2. The van der Waals surface area contributed by atoms with E-state index < -0.39 is 11.6 Å². The van der Waals surface area contributed by atoms with Crippen LogP contribution in [0.1, 0.15) is 16.1 Å². The molecule has 1 aliphatic rings. The number of carbonyl (C=O) groups excluding carboxylic acids is 1. The van der Waals surface area contributed by atoms with Crippen molar-refractivity contribution in [3.8, 4) is 11.4 Å². The van der Waals surface area contributed by atoms with Crippen molar-refractivity contribution >= 4 is 34.0 Å². The molecule has 2 N–H and O–H groups in total. The van der Waals surface area contributed by atoms with E-state index in [1.807, 2.05) is 6.07 Å². The summed E-state index contributed by atoms with van der Waals surface area (Å²) in [6.07, 6.45) is 1.63. The first kappa shape index (κ1) is 23.6. The van der Waals surface area contributed by atoms with Crippen LogP contribution in [0.4, 0.5) is 26.0 Å². The molecule has 0 radical (unpaired) electrons. The van der Waals surface area contributed by atoms with Crippen LogP contribution < -0.4 is 15.5 Å². The van der Waals surface area contributed by atoms with Crippen molar-refractivity contribution in [3.63, 3.8) is 0 Å². The molecule has 36 heavy (non-hydrogen) atoms. The standard InChI is InChI=1S/C26H24F2N6O2/c1-15-24(19-5-3-4-6-30-19)32-20-12-16(27)11-18(28)23(20)25(15)33-22-14-17(34-7-9-36-10-8-34)13-21(31-22)26(35)29-2/h3-6,11-14H,7-10H2,1-2H3,(H,29,35)(H,31,32,33). The summed E-state index contributed by atoms with van der Waals surface area (Å²) in [6.45, 7) is 4.24. The zero-order valence-corrected chi connectivity index (χ0v) is 19.8. The summed E-state index contributed by atoms with van der Waals surface area (Å²) in [4.78, 5) is 28.0. The molecule has 0 unspecified atom stereocenters. The first-order valence-electron chi connectivity index (χ1n) is 11.5. The smallest absolute Gasteiger partial charge is 0.269 e. The molecule has 1 fully saturated rings. The van der Waals surface area contributed by atoms with Gasteiger partial charge in [-0.05, 0) is 25.1 Å². The Morgan fingerprint density at radius 2 is 1.89 bits per heavy atom. The number of fused-ring (bicyclic) bond motifs is 1. The highest BCUT2D eigenvalue weighted by Gasteiger charge is 2.21. The molecule has 4 aromatic rings. The Bertz CT molecular complexity index is 1440. The van der Waals surface area contributed by atoms with E-state index in [2.05, 4.69) is 30.5 Å². The number of aromatic nitrogens is 3. The molecular weight excluding hydrogens is 466 g/mol. The summed E-state index contributed by atoms with van der Waals surface area (Å²) in [5.41, 5.74) is 3.13. The second-order valence-corrected chi connectivity index (χ2v) is 8.36. The number of morpholine rings is 1. The van der Waals surface area contributed by atoms with E-state index in [0.29, 0.717) is 54.8 Å². The van der Waals surface area contributed by atoms with Crippen molar-refractivity contribution in [1.29, 1.82) is 0 Å². The van der Waals surface area contributed by atoms with Crippen LogP contribution in [0.5, 0.6) is 0 Å². The Kier molecular flexibility index (Phi) is 6.43. The minimum absolute atomic E-state index is 0.119. The summed E-state index contributed by atoms with van der Waals surface area (Å²) in [5, 5.41) is 5.92. The fourth-order valence-corrected chi connectivity index (χ4v) is 4.27. The summed E-state index contributed by atoms with van der Waals surface area (Å²) in [5.74, 6) is -1.51. The summed E-state index contributed by atoms with van der Waals surface area (Å²) in [6, 6.07) is 10.9. The lowest BCUT2D eigenvalue weighted by Gasteiger charge is -2.29. The van der Waals surface area contributed by atoms with Gasteiger partial charge in [0.05, 0.1) is 41.2 Å². The van der Waals surface area contributed by atoms with Crippen molar-refractivity contribution in [1.82, 2.24) is 20.3 Å². The van der Waals surface area contributed by atoms with E-state index in [1.54, 1.807) is 37.4 Å². The lowest BCUT2D eigenvalue weighted by atomic mass is 10.0. The molecular formula is C26H24F2N6O2. The number of pyridine rings is 3. The lowest BCUT2D eigenvalue weighted by Crippen LogP contribution is -2.36. The third-order valence-corrected chi connectivity index (χ3v) is 6.05. The van der Waals surface area contributed by atoms with Gasteiger partial charge in [-0.1, -0.05) is 6.07 Å². The molecule has 3 aromatic heterocycles. The fourth-order valence-electron chi connectivity index (χ4n) is 4.27. The van der Waals surface area contributed by atoms with Gasteiger partial charge in [0.1, 0.15) is 23.1 Å². The van der Waals surface area contributed by atoms with Gasteiger partial charge in [-0.15, -0.1) is 0 Å². The molecule has 0 bridgehead atoms. The van der Waals surface area contributed by atoms with Crippen molar-refractivity contribution in [2.24, 2.45) is 0 Å². The molecule has 0 aliphatic carbocycles. The molecule has 1 saturated heterocycles. The van der Waals surface area contributed by atoms with Crippen molar-refractivity contribution < 1.29 is 18.3 Å². The van der Waals surface area contributed by atoms with Gasteiger partial charge in [0.15, 0.2) is 0 Å². The highest BCUT2D eigenvalue weighted by Crippen LogP contribution is 2.36. The number of anilines is 3. The van der Waals surface area contributed by atoms with E-state index in [9.17, 15) is 9.18 Å². The van der Waals surface area contributed by atoms with Crippen molar-refractivity contribution in [2.45, 2.75) is 6.92 Å². The van der Waals surface area contributed by atoms with Crippen LogP contribution in [0.15, 0.2) is 48.7 Å². The molecule has 1 aromatic carbocycles. The summed E-state index contributed by atoms with van der Waals surface area (Å²) >= 11 is 0. The summed E-state index contributed by atoms with van der Waals surface area (Å²) < 4.78 is 34.7. The van der Waals surface area contributed by atoms with Gasteiger partial charge in [-0.2, -0.15) is 0 Å². The van der Waals surface area contributed by atoms with Crippen molar-refractivity contribution in [2.75, 3.05) is 43.6 Å². The highest BCUT2D eigenvalue weighted by molar-refractivity contribution is 5.98. The van der Waals surface area contributed by atoms with Gasteiger partial charge in [0, 0.05) is 55.8 Å². The number of nitrogens with one attached hydrogen (secondary N) is 2. The normalized spacial score (nSPS) is 13.6. The zero-order valence-electron chi connectivity index (χ0n) is 19.8. The molecule has 184 valence electrons. The van der Waals surface area contributed by atoms with Crippen LogP contribution >= 0.6 is 0 Å². The first-order chi connectivity index (χ1) is 17.4. The Labute approximate surface area is 206 Å². The number of carbonyl (C=O) groups is 1.